The maximum absolute atomic E-state index is 13.0. The van der Waals surface area contributed by atoms with E-state index in [2.05, 4.69) is 63.5 Å². The Morgan fingerprint density at radius 3 is 2.71 bits per heavy atom. The number of aromatic nitrogens is 8. The lowest BCUT2D eigenvalue weighted by Gasteiger charge is -2.14. The molecule has 0 fully saturated rings. The van der Waals surface area contributed by atoms with Crippen molar-refractivity contribution in [3.8, 4) is 17.2 Å². The number of carbonyl (C=O) groups excluding carboxylic acids is 1. The molecule has 1 N–H and O–H groups in total. The highest BCUT2D eigenvalue weighted by Gasteiger charge is 2.19. The summed E-state index contributed by atoms with van der Waals surface area (Å²) in [6.07, 6.45) is 6.31. The van der Waals surface area contributed by atoms with Crippen molar-refractivity contribution in [1.29, 1.82) is 0 Å². The molecule has 4 rings (SSSR count). The van der Waals surface area contributed by atoms with Crippen LogP contribution in [0.15, 0.2) is 43.0 Å². The number of carbonyl (C=O) groups is 1. The van der Waals surface area contributed by atoms with Crippen molar-refractivity contribution < 1.29 is 4.79 Å². The fourth-order valence-corrected chi connectivity index (χ4v) is 3.40. The van der Waals surface area contributed by atoms with Gasteiger partial charge in [0.25, 0.3) is 5.91 Å². The highest BCUT2D eigenvalue weighted by molar-refractivity contribution is 6.02. The van der Waals surface area contributed by atoms with Crippen LogP contribution < -0.4 is 5.32 Å². The third-order valence-corrected chi connectivity index (χ3v) is 5.66. The van der Waals surface area contributed by atoms with E-state index < -0.39 is 0 Å². The van der Waals surface area contributed by atoms with Crippen LogP contribution in [0.25, 0.3) is 17.2 Å². The average molecular weight is 460 g/mol. The number of tetrazole rings is 1. The molecule has 0 aliphatic carbocycles. The van der Waals surface area contributed by atoms with Gasteiger partial charge in [0, 0.05) is 17.8 Å². The zero-order valence-corrected chi connectivity index (χ0v) is 20.3. The minimum absolute atomic E-state index is 0.0717. The normalized spacial score (nSPS) is 12.5. The summed E-state index contributed by atoms with van der Waals surface area (Å²) in [5, 5.41) is 14.8. The van der Waals surface area contributed by atoms with Crippen molar-refractivity contribution in [2.24, 2.45) is 0 Å². The fourth-order valence-electron chi connectivity index (χ4n) is 3.40. The SMILES string of the molecule is CC[C@@H](C)n1nnnc1-c1cccc(NC(=O)c2cc(-n3cnc(C(C)(C)C)c3)c(C)cn2)n1. The van der Waals surface area contributed by atoms with Crippen molar-refractivity contribution >= 4 is 11.7 Å². The third kappa shape index (κ3) is 4.70. The number of hydrogen-bond donors (Lipinski definition) is 1. The van der Waals surface area contributed by atoms with Crippen LogP contribution in [0.4, 0.5) is 5.82 Å². The number of rotatable bonds is 6. The Bertz CT molecular complexity index is 1320. The molecule has 0 radical (unpaired) electrons. The van der Waals surface area contributed by atoms with Crippen LogP contribution in [0, 0.1) is 6.92 Å². The zero-order chi connectivity index (χ0) is 24.5. The fraction of sp³-hybridized carbons (Fsp3) is 0.375. The van der Waals surface area contributed by atoms with Crippen LogP contribution >= 0.6 is 0 Å². The summed E-state index contributed by atoms with van der Waals surface area (Å²) >= 11 is 0. The molecule has 176 valence electrons. The van der Waals surface area contributed by atoms with Crippen molar-refractivity contribution in [3.63, 3.8) is 0 Å². The van der Waals surface area contributed by atoms with Gasteiger partial charge in [-0.3, -0.25) is 9.78 Å². The minimum Gasteiger partial charge on any atom is -0.306 e. The van der Waals surface area contributed by atoms with Crippen LogP contribution in [0.5, 0.6) is 0 Å². The van der Waals surface area contributed by atoms with Crippen LogP contribution in [-0.4, -0.2) is 45.6 Å². The lowest BCUT2D eigenvalue weighted by atomic mass is 9.93. The number of aryl methyl sites for hydroxylation is 1. The molecule has 1 atom stereocenters. The molecule has 0 saturated heterocycles. The predicted molar refractivity (Wildman–Crippen MR) is 129 cm³/mol. The molecule has 0 aromatic carbocycles. The second kappa shape index (κ2) is 9.12. The molecule has 10 heteroatoms. The van der Waals surface area contributed by atoms with E-state index in [-0.39, 0.29) is 23.1 Å². The van der Waals surface area contributed by atoms with E-state index in [1.54, 1.807) is 35.4 Å². The van der Waals surface area contributed by atoms with Crippen LogP contribution in [0.3, 0.4) is 0 Å². The third-order valence-electron chi connectivity index (χ3n) is 5.66. The van der Waals surface area contributed by atoms with Gasteiger partial charge in [-0.05, 0) is 54.5 Å². The first-order chi connectivity index (χ1) is 16.2. The number of nitrogens with one attached hydrogen (secondary N) is 1. The first-order valence-corrected chi connectivity index (χ1v) is 11.3. The van der Waals surface area contributed by atoms with Gasteiger partial charge in [0.2, 0.25) is 5.82 Å². The van der Waals surface area contributed by atoms with Gasteiger partial charge in [-0.2, -0.15) is 0 Å². The number of hydrogen-bond acceptors (Lipinski definition) is 7. The van der Waals surface area contributed by atoms with Gasteiger partial charge in [0.05, 0.1) is 23.8 Å². The molecule has 0 aliphatic heterocycles. The van der Waals surface area contributed by atoms with Crippen molar-refractivity contribution in [2.45, 2.75) is 59.4 Å². The summed E-state index contributed by atoms with van der Waals surface area (Å²) in [5.41, 5.74) is 3.54. The number of anilines is 1. The van der Waals surface area contributed by atoms with E-state index in [1.807, 2.05) is 30.7 Å². The van der Waals surface area contributed by atoms with E-state index in [0.717, 1.165) is 23.4 Å². The standard InChI is InChI=1S/C24H29N9O/c1-7-16(3)33-22(29-30-31-33)17-9-8-10-21(27-17)28-23(34)18-11-19(15(2)12-25-18)32-13-20(26-14-32)24(4,5)6/h8-14,16H,7H2,1-6H3,(H,27,28,34)/t16-/m1/s1. The Balaban J connectivity index is 1.59. The van der Waals surface area contributed by atoms with Gasteiger partial charge < -0.3 is 9.88 Å². The summed E-state index contributed by atoms with van der Waals surface area (Å²) in [7, 11) is 0. The van der Waals surface area contributed by atoms with Crippen LogP contribution in [0.2, 0.25) is 0 Å². The van der Waals surface area contributed by atoms with Crippen molar-refractivity contribution in [1.82, 2.24) is 39.7 Å². The molecular weight excluding hydrogens is 430 g/mol. The predicted octanol–water partition coefficient (Wildman–Crippen LogP) is 4.15. The molecule has 34 heavy (non-hydrogen) atoms. The first kappa shape index (κ1) is 23.2. The van der Waals surface area contributed by atoms with Crippen LogP contribution in [-0.2, 0) is 5.41 Å². The molecule has 0 spiro atoms. The van der Waals surface area contributed by atoms with Gasteiger partial charge in [0.15, 0.2) is 0 Å². The van der Waals surface area contributed by atoms with Gasteiger partial charge >= 0.3 is 0 Å². The number of pyridine rings is 2. The molecule has 1 amide bonds. The molecule has 4 aromatic rings. The molecule has 0 aliphatic rings. The number of nitrogens with zero attached hydrogens (tertiary/aromatic N) is 8. The van der Waals surface area contributed by atoms with Crippen molar-refractivity contribution in [2.75, 3.05) is 5.32 Å². The first-order valence-electron chi connectivity index (χ1n) is 11.3. The van der Waals surface area contributed by atoms with Gasteiger partial charge in [-0.1, -0.05) is 33.8 Å². The zero-order valence-electron chi connectivity index (χ0n) is 20.3. The Labute approximate surface area is 198 Å². The van der Waals surface area contributed by atoms with E-state index in [9.17, 15) is 4.79 Å². The van der Waals surface area contributed by atoms with Crippen molar-refractivity contribution in [3.05, 3.63) is 59.9 Å². The van der Waals surface area contributed by atoms with Gasteiger partial charge in [-0.25, -0.2) is 14.6 Å². The smallest absolute Gasteiger partial charge is 0.275 e. The summed E-state index contributed by atoms with van der Waals surface area (Å²) in [4.78, 5) is 26.4. The minimum atomic E-state index is -0.358. The molecule has 4 heterocycles. The monoisotopic (exact) mass is 459 g/mol. The Morgan fingerprint density at radius 2 is 2.00 bits per heavy atom. The molecule has 0 saturated carbocycles. The summed E-state index contributed by atoms with van der Waals surface area (Å²) < 4.78 is 3.65. The Hall–Kier alpha value is -3.95. The quantitative estimate of drug-likeness (QED) is 0.460. The maximum atomic E-state index is 13.0. The summed E-state index contributed by atoms with van der Waals surface area (Å²) in [5.74, 6) is 0.585. The maximum Gasteiger partial charge on any atom is 0.275 e. The topological polar surface area (TPSA) is 116 Å². The average Bonchev–Trinajstić information content (AvgIpc) is 3.49. The van der Waals surface area contributed by atoms with Crippen LogP contribution in [0.1, 0.15) is 68.8 Å². The summed E-state index contributed by atoms with van der Waals surface area (Å²) in [6, 6.07) is 7.23. The Morgan fingerprint density at radius 1 is 1.21 bits per heavy atom. The largest absolute Gasteiger partial charge is 0.306 e. The highest BCUT2D eigenvalue weighted by Crippen LogP contribution is 2.23. The van der Waals surface area contributed by atoms with E-state index >= 15 is 0 Å². The summed E-state index contributed by atoms with van der Waals surface area (Å²) in [6.45, 7) is 12.4. The molecule has 0 unspecified atom stereocenters. The lowest BCUT2D eigenvalue weighted by Crippen LogP contribution is -2.16. The van der Waals surface area contributed by atoms with E-state index in [1.165, 1.54) is 0 Å². The highest BCUT2D eigenvalue weighted by atomic mass is 16.1. The molecule has 4 aromatic heterocycles. The lowest BCUT2D eigenvalue weighted by molar-refractivity contribution is 0.102. The van der Waals surface area contributed by atoms with Gasteiger partial charge in [-0.15, -0.1) is 5.10 Å². The number of amides is 1. The Kier molecular flexibility index (Phi) is 6.23. The molecular formula is C24H29N9O. The second-order valence-corrected chi connectivity index (χ2v) is 9.34. The van der Waals surface area contributed by atoms with E-state index in [4.69, 9.17) is 0 Å². The number of imidazole rings is 1. The van der Waals surface area contributed by atoms with Gasteiger partial charge in [0.1, 0.15) is 17.2 Å². The second-order valence-electron chi connectivity index (χ2n) is 9.34. The molecule has 0 bridgehead atoms. The van der Waals surface area contributed by atoms with E-state index in [0.29, 0.717) is 17.3 Å². The molecule has 10 nitrogen and oxygen atoms in total.